The first-order valence-corrected chi connectivity index (χ1v) is 12.3. The Hall–Kier alpha value is -3.68. The Morgan fingerprint density at radius 3 is 2.58 bits per heavy atom. The van der Waals surface area contributed by atoms with Crippen molar-refractivity contribution in [3.05, 3.63) is 101 Å². The normalized spacial score (nSPS) is 15.4. The third-order valence-corrected chi connectivity index (χ3v) is 6.95. The van der Waals surface area contributed by atoms with E-state index >= 15 is 4.39 Å². The molecule has 0 bridgehead atoms. The highest BCUT2D eigenvalue weighted by Crippen LogP contribution is 2.42. The van der Waals surface area contributed by atoms with Gasteiger partial charge in [-0.05, 0) is 66.9 Å². The van der Waals surface area contributed by atoms with Crippen LogP contribution in [-0.2, 0) is 0 Å². The van der Waals surface area contributed by atoms with E-state index in [0.29, 0.717) is 24.2 Å². The second-order valence-electron chi connectivity index (χ2n) is 9.37. The number of aryl methyl sites for hydroxylation is 1. The molecule has 0 amide bonds. The molecule has 0 aliphatic carbocycles. The summed E-state index contributed by atoms with van der Waals surface area (Å²) in [6.07, 6.45) is 0.101. The van der Waals surface area contributed by atoms with Crippen LogP contribution in [-0.4, -0.2) is 30.3 Å². The number of carboxylic acid groups (broad SMARTS) is 1. The molecule has 1 aliphatic rings. The van der Waals surface area contributed by atoms with Crippen LogP contribution in [0.2, 0.25) is 0 Å². The van der Waals surface area contributed by atoms with Gasteiger partial charge < -0.3 is 20.1 Å². The molecule has 0 saturated carbocycles. The van der Waals surface area contributed by atoms with Crippen molar-refractivity contribution in [3.8, 4) is 5.75 Å². The monoisotopic (exact) mass is 538 g/mol. The van der Waals surface area contributed by atoms with E-state index in [1.165, 1.54) is 34.5 Å². The van der Waals surface area contributed by atoms with Gasteiger partial charge >= 0.3 is 5.97 Å². The number of rotatable bonds is 7. The summed E-state index contributed by atoms with van der Waals surface area (Å²) >= 11 is 0. The number of nitrogens with zero attached hydrogens (tertiary/aromatic N) is 1. The van der Waals surface area contributed by atoms with Crippen LogP contribution in [0.1, 0.15) is 40.9 Å². The number of carboxylic acids is 1. The van der Waals surface area contributed by atoms with Crippen molar-refractivity contribution in [2.24, 2.45) is 0 Å². The number of ether oxygens (including phenoxy) is 1. The Labute approximate surface area is 226 Å². The zero-order valence-corrected chi connectivity index (χ0v) is 21.9. The van der Waals surface area contributed by atoms with Crippen LogP contribution >= 0.6 is 12.4 Å². The number of para-hydroxylation sites is 1. The van der Waals surface area contributed by atoms with Crippen LogP contribution in [0.15, 0.2) is 72.8 Å². The van der Waals surface area contributed by atoms with E-state index in [4.69, 9.17) is 4.74 Å². The molecule has 0 spiro atoms. The lowest BCUT2D eigenvalue weighted by Gasteiger charge is -2.37. The molecule has 2 N–H and O–H groups in total. The molecular weight excluding hydrogens is 510 g/mol. The second kappa shape index (κ2) is 11.4. The van der Waals surface area contributed by atoms with Gasteiger partial charge in [0.2, 0.25) is 0 Å². The number of nitrogens with one attached hydrogen (secondary N) is 1. The summed E-state index contributed by atoms with van der Waals surface area (Å²) in [6.45, 7) is 4.48. The second-order valence-corrected chi connectivity index (χ2v) is 9.37. The predicted octanol–water partition coefficient (Wildman–Crippen LogP) is 7.19. The topological polar surface area (TPSA) is 61.8 Å². The molecule has 4 aromatic rings. The molecule has 5 rings (SSSR count). The lowest BCUT2D eigenvalue weighted by molar-refractivity contribution is 0.0691. The molecule has 1 heterocycles. The molecule has 1 aliphatic heterocycles. The van der Waals surface area contributed by atoms with Crippen molar-refractivity contribution >= 4 is 40.5 Å². The van der Waals surface area contributed by atoms with Gasteiger partial charge in [-0.2, -0.15) is 0 Å². The van der Waals surface area contributed by atoms with Gasteiger partial charge in [0.05, 0.1) is 17.9 Å². The number of fused-ring (bicyclic) bond motifs is 2. The fourth-order valence-corrected chi connectivity index (χ4v) is 5.04. The zero-order valence-electron chi connectivity index (χ0n) is 21.1. The highest BCUT2D eigenvalue weighted by Gasteiger charge is 2.32. The lowest BCUT2D eigenvalue weighted by Crippen LogP contribution is -2.40. The van der Waals surface area contributed by atoms with Crippen molar-refractivity contribution < 1.29 is 23.4 Å². The SMILES string of the molecule is Cc1ccc(N2CC(CCN[C@H](C)c3cccc4ccccc34)Oc3c(F)cccc32)c(F)c1C(=O)O.Cl. The first kappa shape index (κ1) is 27.4. The van der Waals surface area contributed by atoms with Crippen LogP contribution in [0.3, 0.4) is 0 Å². The number of hydrogen-bond acceptors (Lipinski definition) is 4. The molecular formula is C30H29ClF2N2O3. The number of anilines is 2. The van der Waals surface area contributed by atoms with Crippen molar-refractivity contribution in [1.82, 2.24) is 5.32 Å². The molecule has 8 heteroatoms. The van der Waals surface area contributed by atoms with Gasteiger partial charge in [0.1, 0.15) is 11.7 Å². The fourth-order valence-electron chi connectivity index (χ4n) is 5.04. The first-order chi connectivity index (χ1) is 17.8. The molecule has 1 unspecified atom stereocenters. The van der Waals surface area contributed by atoms with Gasteiger partial charge in [0, 0.05) is 6.04 Å². The van der Waals surface area contributed by atoms with E-state index in [9.17, 15) is 14.3 Å². The molecule has 2 atom stereocenters. The third-order valence-electron chi connectivity index (χ3n) is 6.95. The minimum atomic E-state index is -1.34. The van der Waals surface area contributed by atoms with Crippen LogP contribution in [0.4, 0.5) is 20.2 Å². The zero-order chi connectivity index (χ0) is 26.1. The smallest absolute Gasteiger partial charge is 0.339 e. The van der Waals surface area contributed by atoms with Gasteiger partial charge in [-0.15, -0.1) is 12.4 Å². The Bertz CT molecular complexity index is 1470. The molecule has 0 saturated heterocycles. The van der Waals surface area contributed by atoms with E-state index in [-0.39, 0.29) is 42.0 Å². The quantitative estimate of drug-likeness (QED) is 0.261. The molecule has 0 aromatic heterocycles. The standard InChI is InChI=1S/C30H28F2N2O3.ClH/c1-18-13-14-25(28(32)27(18)30(35)36)34-17-21(37-29-24(31)11-6-12-26(29)34)15-16-33-19(2)22-10-5-8-20-7-3-4-9-23(20)22;/h3-14,19,21,33H,15-17H2,1-2H3,(H,35,36);1H/t19-,21?;/m1./s1. The summed E-state index contributed by atoms with van der Waals surface area (Å²) in [4.78, 5) is 13.3. The summed E-state index contributed by atoms with van der Waals surface area (Å²) < 4.78 is 36.2. The number of benzene rings is 4. The highest BCUT2D eigenvalue weighted by atomic mass is 35.5. The van der Waals surface area contributed by atoms with Gasteiger partial charge in [-0.3, -0.25) is 0 Å². The summed E-state index contributed by atoms with van der Waals surface area (Å²) in [5.74, 6) is -2.69. The Morgan fingerprint density at radius 1 is 1.05 bits per heavy atom. The summed E-state index contributed by atoms with van der Waals surface area (Å²) in [5, 5.41) is 15.4. The minimum Gasteiger partial charge on any atom is -0.483 e. The lowest BCUT2D eigenvalue weighted by atomic mass is 9.99. The average Bonchev–Trinajstić information content (AvgIpc) is 2.88. The number of hydrogen-bond donors (Lipinski definition) is 2. The van der Waals surface area contributed by atoms with Gasteiger partial charge in [-0.25, -0.2) is 13.6 Å². The minimum absolute atomic E-state index is 0. The van der Waals surface area contributed by atoms with Crippen molar-refractivity contribution in [2.45, 2.75) is 32.4 Å². The van der Waals surface area contributed by atoms with E-state index in [1.54, 1.807) is 24.0 Å². The first-order valence-electron chi connectivity index (χ1n) is 12.3. The van der Waals surface area contributed by atoms with Crippen molar-refractivity contribution in [2.75, 3.05) is 18.0 Å². The van der Waals surface area contributed by atoms with Gasteiger partial charge in [0.25, 0.3) is 0 Å². The van der Waals surface area contributed by atoms with Crippen molar-refractivity contribution in [3.63, 3.8) is 0 Å². The summed E-state index contributed by atoms with van der Waals surface area (Å²) in [6, 6.07) is 22.1. The maximum Gasteiger partial charge on any atom is 0.339 e. The summed E-state index contributed by atoms with van der Waals surface area (Å²) in [5.41, 5.74) is 1.57. The molecule has 198 valence electrons. The molecule has 5 nitrogen and oxygen atoms in total. The number of halogens is 3. The number of carbonyl (C=O) groups is 1. The maximum atomic E-state index is 15.4. The molecule has 0 radical (unpaired) electrons. The van der Waals surface area contributed by atoms with E-state index in [0.717, 1.165) is 0 Å². The Balaban J connectivity index is 0.00000336. The van der Waals surface area contributed by atoms with Crippen LogP contribution in [0.5, 0.6) is 5.75 Å². The Kier molecular flexibility index (Phi) is 8.19. The van der Waals surface area contributed by atoms with Gasteiger partial charge in [0.15, 0.2) is 17.4 Å². The average molecular weight is 539 g/mol. The largest absolute Gasteiger partial charge is 0.483 e. The van der Waals surface area contributed by atoms with E-state index < -0.39 is 23.7 Å². The highest BCUT2D eigenvalue weighted by molar-refractivity contribution is 5.92. The van der Waals surface area contributed by atoms with Crippen LogP contribution in [0, 0.1) is 18.6 Å². The van der Waals surface area contributed by atoms with E-state index in [1.807, 2.05) is 18.2 Å². The number of aromatic carboxylic acids is 1. The molecule has 4 aromatic carbocycles. The Morgan fingerprint density at radius 2 is 1.79 bits per heavy atom. The molecule has 0 fully saturated rings. The molecule has 38 heavy (non-hydrogen) atoms. The van der Waals surface area contributed by atoms with Crippen LogP contribution in [0.25, 0.3) is 10.8 Å². The maximum absolute atomic E-state index is 15.4. The predicted molar refractivity (Wildman–Crippen MR) is 148 cm³/mol. The van der Waals surface area contributed by atoms with Crippen LogP contribution < -0.4 is 15.0 Å². The summed E-state index contributed by atoms with van der Waals surface area (Å²) in [7, 11) is 0. The van der Waals surface area contributed by atoms with E-state index in [2.05, 4.69) is 36.5 Å². The fraction of sp³-hybridized carbons (Fsp3) is 0.233. The third kappa shape index (κ3) is 5.17. The van der Waals surface area contributed by atoms with Gasteiger partial charge in [-0.1, -0.05) is 54.6 Å². The van der Waals surface area contributed by atoms with Crippen molar-refractivity contribution in [1.29, 1.82) is 0 Å².